The number of piperazine rings is 1. The molecule has 1 heterocycles. The summed E-state index contributed by atoms with van der Waals surface area (Å²) in [6, 6.07) is 5.58. The zero-order chi connectivity index (χ0) is 15.2. The smallest absolute Gasteiger partial charge is 0.260 e. The first kappa shape index (κ1) is 16.7. The summed E-state index contributed by atoms with van der Waals surface area (Å²) >= 11 is 6.78. The van der Waals surface area contributed by atoms with E-state index in [0.29, 0.717) is 25.4 Å². The molecule has 0 radical (unpaired) electrons. The van der Waals surface area contributed by atoms with Crippen molar-refractivity contribution in [3.63, 3.8) is 0 Å². The highest BCUT2D eigenvalue weighted by atomic mass is 79.9. The van der Waals surface area contributed by atoms with Crippen LogP contribution in [0.15, 0.2) is 27.1 Å². The summed E-state index contributed by atoms with van der Waals surface area (Å²) in [5, 5.41) is 8.90. The molecule has 0 atom stereocenters. The van der Waals surface area contributed by atoms with Gasteiger partial charge in [-0.2, -0.15) is 0 Å². The van der Waals surface area contributed by atoms with Crippen molar-refractivity contribution in [1.29, 1.82) is 0 Å². The van der Waals surface area contributed by atoms with Gasteiger partial charge in [0.25, 0.3) is 5.91 Å². The number of ether oxygens (including phenoxy) is 1. The molecule has 1 amide bonds. The lowest BCUT2D eigenvalue weighted by atomic mass is 10.3. The van der Waals surface area contributed by atoms with E-state index >= 15 is 0 Å². The summed E-state index contributed by atoms with van der Waals surface area (Å²) in [5.74, 6) is 0.652. The Hall–Kier alpha value is -0.630. The number of halogens is 2. The molecule has 0 saturated carbocycles. The summed E-state index contributed by atoms with van der Waals surface area (Å²) in [4.78, 5) is 16.1. The van der Waals surface area contributed by atoms with Gasteiger partial charge >= 0.3 is 0 Å². The molecule has 1 fully saturated rings. The maximum atomic E-state index is 12.1. The highest BCUT2D eigenvalue weighted by Gasteiger charge is 2.21. The van der Waals surface area contributed by atoms with Gasteiger partial charge in [0, 0.05) is 37.2 Å². The number of aliphatic hydroxyl groups is 1. The molecule has 0 aromatic heterocycles. The molecule has 1 N–H and O–H groups in total. The van der Waals surface area contributed by atoms with Gasteiger partial charge in [-0.25, -0.2) is 0 Å². The zero-order valence-electron chi connectivity index (χ0n) is 11.6. The molecule has 0 unspecified atom stereocenters. The van der Waals surface area contributed by atoms with E-state index < -0.39 is 0 Å². The molecule has 7 heteroatoms. The van der Waals surface area contributed by atoms with Crippen LogP contribution in [-0.2, 0) is 4.79 Å². The second-order valence-electron chi connectivity index (χ2n) is 4.81. The first-order valence-electron chi connectivity index (χ1n) is 6.79. The SMILES string of the molecule is O=C(COc1ccc(Br)cc1Br)N1CCN(CCO)CC1. The van der Waals surface area contributed by atoms with Gasteiger partial charge in [-0.05, 0) is 34.1 Å². The van der Waals surface area contributed by atoms with Crippen molar-refractivity contribution in [2.75, 3.05) is 45.9 Å². The summed E-state index contributed by atoms with van der Waals surface area (Å²) in [7, 11) is 0. The largest absolute Gasteiger partial charge is 0.483 e. The molecule has 1 aliphatic heterocycles. The molecule has 2 rings (SSSR count). The van der Waals surface area contributed by atoms with E-state index in [1.807, 2.05) is 18.2 Å². The minimum atomic E-state index is -0.00605. The standard InChI is InChI=1S/C14H18Br2N2O3/c15-11-1-2-13(12(16)9-11)21-10-14(20)18-5-3-17(4-6-18)7-8-19/h1-2,9,19H,3-8,10H2. The molecule has 0 bridgehead atoms. The van der Waals surface area contributed by atoms with Gasteiger partial charge in [0.15, 0.2) is 6.61 Å². The van der Waals surface area contributed by atoms with Crippen LogP contribution in [-0.4, -0.2) is 66.8 Å². The Bertz CT molecular complexity index is 491. The van der Waals surface area contributed by atoms with E-state index in [9.17, 15) is 4.79 Å². The van der Waals surface area contributed by atoms with Crippen molar-refractivity contribution >= 4 is 37.8 Å². The lowest BCUT2D eigenvalue weighted by Gasteiger charge is -2.34. The predicted octanol–water partition coefficient (Wildman–Crippen LogP) is 1.73. The number of hydrogen-bond acceptors (Lipinski definition) is 4. The zero-order valence-corrected chi connectivity index (χ0v) is 14.8. The molecular weight excluding hydrogens is 404 g/mol. The molecule has 116 valence electrons. The van der Waals surface area contributed by atoms with E-state index in [0.717, 1.165) is 22.0 Å². The Morgan fingerprint density at radius 3 is 2.57 bits per heavy atom. The number of carbonyl (C=O) groups is 1. The quantitative estimate of drug-likeness (QED) is 0.786. The average molecular weight is 422 g/mol. The lowest BCUT2D eigenvalue weighted by molar-refractivity contribution is -0.135. The van der Waals surface area contributed by atoms with Crippen molar-refractivity contribution in [1.82, 2.24) is 9.80 Å². The van der Waals surface area contributed by atoms with Crippen LogP contribution in [0.1, 0.15) is 0 Å². The molecule has 1 saturated heterocycles. The lowest BCUT2D eigenvalue weighted by Crippen LogP contribution is -2.50. The Labute approximate surface area is 141 Å². The van der Waals surface area contributed by atoms with E-state index in [1.165, 1.54) is 0 Å². The number of rotatable bonds is 5. The number of benzene rings is 1. The summed E-state index contributed by atoms with van der Waals surface area (Å²) in [5.41, 5.74) is 0. The first-order valence-corrected chi connectivity index (χ1v) is 8.37. The van der Waals surface area contributed by atoms with E-state index in [2.05, 4.69) is 36.8 Å². The molecule has 5 nitrogen and oxygen atoms in total. The van der Waals surface area contributed by atoms with Crippen molar-refractivity contribution in [3.8, 4) is 5.75 Å². The monoisotopic (exact) mass is 420 g/mol. The van der Waals surface area contributed by atoms with Crippen LogP contribution < -0.4 is 4.74 Å². The summed E-state index contributed by atoms with van der Waals surface area (Å²) in [6.07, 6.45) is 0. The van der Waals surface area contributed by atoms with E-state index in [-0.39, 0.29) is 19.1 Å². The average Bonchev–Trinajstić information content (AvgIpc) is 2.47. The van der Waals surface area contributed by atoms with Gasteiger partial charge < -0.3 is 14.7 Å². The van der Waals surface area contributed by atoms with Crippen molar-refractivity contribution in [2.45, 2.75) is 0 Å². The van der Waals surface area contributed by atoms with E-state index in [1.54, 1.807) is 4.90 Å². The highest BCUT2D eigenvalue weighted by molar-refractivity contribution is 9.11. The maximum absolute atomic E-state index is 12.1. The second-order valence-corrected chi connectivity index (χ2v) is 6.58. The van der Waals surface area contributed by atoms with Crippen molar-refractivity contribution < 1.29 is 14.6 Å². The van der Waals surface area contributed by atoms with Gasteiger partial charge in [-0.1, -0.05) is 15.9 Å². The van der Waals surface area contributed by atoms with Crippen LogP contribution in [0, 0.1) is 0 Å². The fourth-order valence-electron chi connectivity index (χ4n) is 2.19. The van der Waals surface area contributed by atoms with Crippen LogP contribution in [0.25, 0.3) is 0 Å². The maximum Gasteiger partial charge on any atom is 0.260 e. The number of aliphatic hydroxyl groups excluding tert-OH is 1. The minimum Gasteiger partial charge on any atom is -0.483 e. The van der Waals surface area contributed by atoms with Gasteiger partial charge in [0.2, 0.25) is 0 Å². The van der Waals surface area contributed by atoms with Gasteiger partial charge in [-0.15, -0.1) is 0 Å². The first-order chi connectivity index (χ1) is 10.1. The van der Waals surface area contributed by atoms with Gasteiger partial charge in [-0.3, -0.25) is 9.69 Å². The molecule has 1 aromatic carbocycles. The molecule has 1 aliphatic rings. The second kappa shape index (κ2) is 8.12. The van der Waals surface area contributed by atoms with Crippen LogP contribution in [0.2, 0.25) is 0 Å². The molecule has 0 spiro atoms. The van der Waals surface area contributed by atoms with Crippen LogP contribution in [0.3, 0.4) is 0 Å². The predicted molar refractivity (Wildman–Crippen MR) is 87.4 cm³/mol. The normalized spacial score (nSPS) is 16.0. The Morgan fingerprint density at radius 1 is 1.24 bits per heavy atom. The van der Waals surface area contributed by atoms with Crippen LogP contribution in [0.4, 0.5) is 0 Å². The third kappa shape index (κ3) is 4.95. The van der Waals surface area contributed by atoms with Crippen molar-refractivity contribution in [2.24, 2.45) is 0 Å². The number of β-amino-alcohol motifs (C(OH)–C–C–N with tert-alkyl or cyclic N) is 1. The molecule has 1 aromatic rings. The van der Waals surface area contributed by atoms with Gasteiger partial charge in [0.1, 0.15) is 5.75 Å². The number of amides is 1. The van der Waals surface area contributed by atoms with E-state index in [4.69, 9.17) is 9.84 Å². The van der Waals surface area contributed by atoms with Gasteiger partial charge in [0.05, 0.1) is 11.1 Å². The molecule has 0 aliphatic carbocycles. The van der Waals surface area contributed by atoms with Crippen molar-refractivity contribution in [3.05, 3.63) is 27.1 Å². The minimum absolute atomic E-state index is 0.00605. The van der Waals surface area contributed by atoms with Crippen LogP contribution >= 0.6 is 31.9 Å². The van der Waals surface area contributed by atoms with Crippen LogP contribution in [0.5, 0.6) is 5.75 Å². The fraction of sp³-hybridized carbons (Fsp3) is 0.500. The third-order valence-electron chi connectivity index (χ3n) is 3.39. The molecule has 21 heavy (non-hydrogen) atoms. The fourth-order valence-corrected chi connectivity index (χ4v) is 3.35. The summed E-state index contributed by atoms with van der Waals surface area (Å²) in [6.45, 7) is 3.84. The summed E-state index contributed by atoms with van der Waals surface area (Å²) < 4.78 is 7.34. The Balaban J connectivity index is 1.80. The highest BCUT2D eigenvalue weighted by Crippen LogP contribution is 2.28. The molecular formula is C14H18Br2N2O3. The number of nitrogens with zero attached hydrogens (tertiary/aromatic N) is 2. The topological polar surface area (TPSA) is 53.0 Å². The third-order valence-corrected chi connectivity index (χ3v) is 4.50. The number of hydrogen-bond donors (Lipinski definition) is 1. The Kier molecular flexibility index (Phi) is 6.47. The number of carbonyl (C=O) groups excluding carboxylic acids is 1. The Morgan fingerprint density at radius 2 is 1.95 bits per heavy atom.